The van der Waals surface area contributed by atoms with Crippen molar-refractivity contribution in [1.82, 2.24) is 5.43 Å². The first-order valence-electron chi connectivity index (χ1n) is 5.60. The summed E-state index contributed by atoms with van der Waals surface area (Å²) in [4.78, 5) is 15.5. The van der Waals surface area contributed by atoms with E-state index in [9.17, 15) is 4.79 Å². The fourth-order valence-electron chi connectivity index (χ4n) is 1.46. The van der Waals surface area contributed by atoms with Gasteiger partial charge in [-0.3, -0.25) is 15.8 Å². The normalized spacial score (nSPS) is 18.7. The summed E-state index contributed by atoms with van der Waals surface area (Å²) in [7, 11) is 1.61. The number of rotatable bonds is 3. The minimum atomic E-state index is -0.450. The number of hydrogen-bond donors (Lipinski definition) is 2. The van der Waals surface area contributed by atoms with Gasteiger partial charge < -0.3 is 9.47 Å². The van der Waals surface area contributed by atoms with Crippen LogP contribution in [0, 0.1) is 0 Å². The molecule has 0 aromatic heterocycles. The number of anilines is 1. The number of carbonyl (C=O) groups is 1. The molecule has 18 heavy (non-hydrogen) atoms. The summed E-state index contributed by atoms with van der Waals surface area (Å²) in [5.74, 6) is 0.502. The summed E-state index contributed by atoms with van der Waals surface area (Å²) >= 11 is 0. The van der Waals surface area contributed by atoms with Gasteiger partial charge in [0.15, 0.2) is 0 Å². The lowest BCUT2D eigenvalue weighted by Crippen LogP contribution is -2.41. The number of methoxy groups -OCH3 is 1. The number of hydrogen-bond acceptors (Lipinski definition) is 6. The fraction of sp³-hybridized carbons (Fsp3) is 0.333. The highest BCUT2D eigenvalue weighted by atomic mass is 16.5. The van der Waals surface area contributed by atoms with Gasteiger partial charge in [0.1, 0.15) is 12.4 Å². The molecule has 6 nitrogen and oxygen atoms in total. The number of aliphatic imine (C=N–C) groups is 1. The predicted octanol–water partition coefficient (Wildman–Crippen LogP) is 0.955. The van der Waals surface area contributed by atoms with Crippen molar-refractivity contribution in [1.29, 1.82) is 0 Å². The number of ether oxygens (including phenoxy) is 2. The SMILES string of the molecule is COc1ccc(NNC2=N[C@@H](C)COC2=O)cc1. The molecule has 1 heterocycles. The molecule has 0 fully saturated rings. The number of cyclic esters (lactones) is 1. The quantitative estimate of drug-likeness (QED) is 0.616. The predicted molar refractivity (Wildman–Crippen MR) is 67.6 cm³/mol. The van der Waals surface area contributed by atoms with Gasteiger partial charge in [-0.15, -0.1) is 0 Å². The molecule has 1 aliphatic heterocycles. The molecule has 0 bridgehead atoms. The zero-order chi connectivity index (χ0) is 13.0. The first kappa shape index (κ1) is 12.2. The Morgan fingerprint density at radius 1 is 1.33 bits per heavy atom. The second kappa shape index (κ2) is 5.39. The first-order valence-corrected chi connectivity index (χ1v) is 5.60. The second-order valence-corrected chi connectivity index (χ2v) is 3.90. The van der Waals surface area contributed by atoms with Crippen LogP contribution >= 0.6 is 0 Å². The molecule has 0 radical (unpaired) electrons. The molecular formula is C12H15N3O3. The molecule has 0 aliphatic carbocycles. The molecule has 0 saturated heterocycles. The van der Waals surface area contributed by atoms with Gasteiger partial charge in [-0.2, -0.15) is 0 Å². The largest absolute Gasteiger partial charge is 0.497 e. The lowest BCUT2D eigenvalue weighted by atomic mass is 10.3. The van der Waals surface area contributed by atoms with E-state index in [0.717, 1.165) is 11.4 Å². The average molecular weight is 249 g/mol. The maximum Gasteiger partial charge on any atom is 0.375 e. The summed E-state index contributed by atoms with van der Waals surface area (Å²) < 4.78 is 9.98. The Bertz CT molecular complexity index is 456. The molecule has 0 unspecified atom stereocenters. The molecule has 6 heteroatoms. The van der Waals surface area contributed by atoms with Gasteiger partial charge in [-0.05, 0) is 31.2 Å². The Kier molecular flexibility index (Phi) is 3.66. The van der Waals surface area contributed by atoms with Crippen molar-refractivity contribution >= 4 is 17.5 Å². The van der Waals surface area contributed by atoms with Crippen molar-refractivity contribution in [3.05, 3.63) is 24.3 Å². The minimum absolute atomic E-state index is 0.0251. The van der Waals surface area contributed by atoms with Gasteiger partial charge in [0.25, 0.3) is 0 Å². The number of hydrazine groups is 1. The third-order valence-electron chi connectivity index (χ3n) is 2.41. The van der Waals surface area contributed by atoms with Gasteiger partial charge in [-0.25, -0.2) is 4.79 Å². The Balaban J connectivity index is 1.96. The monoisotopic (exact) mass is 249 g/mol. The van der Waals surface area contributed by atoms with E-state index in [2.05, 4.69) is 15.8 Å². The summed E-state index contributed by atoms with van der Waals surface area (Å²) in [6, 6.07) is 7.25. The van der Waals surface area contributed by atoms with Crippen molar-refractivity contribution in [3.8, 4) is 5.75 Å². The van der Waals surface area contributed by atoms with Crippen molar-refractivity contribution < 1.29 is 14.3 Å². The second-order valence-electron chi connectivity index (χ2n) is 3.90. The van der Waals surface area contributed by atoms with Crippen molar-refractivity contribution in [2.24, 2.45) is 4.99 Å². The van der Waals surface area contributed by atoms with Crippen LogP contribution in [0.25, 0.3) is 0 Å². The Labute approximate surface area is 105 Å². The van der Waals surface area contributed by atoms with Crippen LogP contribution in [0.2, 0.25) is 0 Å². The molecule has 0 saturated carbocycles. The molecule has 1 aromatic carbocycles. The third-order valence-corrected chi connectivity index (χ3v) is 2.41. The lowest BCUT2D eigenvalue weighted by Gasteiger charge is -2.18. The zero-order valence-corrected chi connectivity index (χ0v) is 10.3. The molecule has 0 amide bonds. The molecule has 1 atom stereocenters. The van der Waals surface area contributed by atoms with Gasteiger partial charge in [0, 0.05) is 0 Å². The van der Waals surface area contributed by atoms with Gasteiger partial charge in [0.05, 0.1) is 18.8 Å². The number of amidine groups is 1. The zero-order valence-electron chi connectivity index (χ0n) is 10.3. The summed E-state index contributed by atoms with van der Waals surface area (Å²) in [5.41, 5.74) is 6.42. The third kappa shape index (κ3) is 2.91. The Morgan fingerprint density at radius 3 is 2.72 bits per heavy atom. The number of nitrogens with zero attached hydrogens (tertiary/aromatic N) is 1. The van der Waals surface area contributed by atoms with Crippen LogP contribution in [0.5, 0.6) is 5.75 Å². The molecule has 1 aliphatic rings. The molecule has 0 spiro atoms. The van der Waals surface area contributed by atoms with Crippen LogP contribution in [-0.2, 0) is 9.53 Å². The van der Waals surface area contributed by atoms with Crippen molar-refractivity contribution in [3.63, 3.8) is 0 Å². The van der Waals surface area contributed by atoms with E-state index in [0.29, 0.717) is 6.61 Å². The van der Waals surface area contributed by atoms with E-state index in [4.69, 9.17) is 9.47 Å². The highest BCUT2D eigenvalue weighted by Gasteiger charge is 2.20. The average Bonchev–Trinajstić information content (AvgIpc) is 2.40. The Morgan fingerprint density at radius 2 is 2.06 bits per heavy atom. The number of nitrogens with one attached hydrogen (secondary N) is 2. The molecule has 1 aromatic rings. The molecule has 96 valence electrons. The van der Waals surface area contributed by atoms with Gasteiger partial charge in [0.2, 0.25) is 5.84 Å². The highest BCUT2D eigenvalue weighted by molar-refractivity contribution is 6.35. The van der Waals surface area contributed by atoms with Crippen LogP contribution in [0.3, 0.4) is 0 Å². The van der Waals surface area contributed by atoms with Crippen LogP contribution in [0.1, 0.15) is 6.92 Å². The number of esters is 1. The van der Waals surface area contributed by atoms with Crippen molar-refractivity contribution in [2.45, 2.75) is 13.0 Å². The van der Waals surface area contributed by atoms with Gasteiger partial charge >= 0.3 is 5.97 Å². The molecule has 2 N–H and O–H groups in total. The van der Waals surface area contributed by atoms with Crippen LogP contribution < -0.4 is 15.6 Å². The fourth-order valence-corrected chi connectivity index (χ4v) is 1.46. The van der Waals surface area contributed by atoms with E-state index >= 15 is 0 Å². The molecular weight excluding hydrogens is 234 g/mol. The topological polar surface area (TPSA) is 71.9 Å². The number of carbonyl (C=O) groups excluding carboxylic acids is 1. The van der Waals surface area contributed by atoms with E-state index in [1.807, 2.05) is 31.2 Å². The number of benzene rings is 1. The Hall–Kier alpha value is -2.24. The highest BCUT2D eigenvalue weighted by Crippen LogP contribution is 2.14. The van der Waals surface area contributed by atoms with E-state index < -0.39 is 5.97 Å². The smallest absolute Gasteiger partial charge is 0.375 e. The lowest BCUT2D eigenvalue weighted by molar-refractivity contribution is -0.137. The maximum absolute atomic E-state index is 11.4. The van der Waals surface area contributed by atoms with E-state index in [-0.39, 0.29) is 11.9 Å². The maximum atomic E-state index is 11.4. The summed E-state index contributed by atoms with van der Waals surface area (Å²) in [5, 5.41) is 0. The van der Waals surface area contributed by atoms with Gasteiger partial charge in [-0.1, -0.05) is 0 Å². The van der Waals surface area contributed by atoms with Crippen molar-refractivity contribution in [2.75, 3.05) is 19.1 Å². The van der Waals surface area contributed by atoms with Crippen LogP contribution in [-0.4, -0.2) is 31.6 Å². The van der Waals surface area contributed by atoms with E-state index in [1.54, 1.807) is 7.11 Å². The summed E-state index contributed by atoms with van der Waals surface area (Å²) in [6.45, 7) is 2.20. The summed E-state index contributed by atoms with van der Waals surface area (Å²) in [6.07, 6.45) is 0. The standard InChI is InChI=1S/C12H15N3O3/c1-8-7-18-12(16)11(13-8)15-14-9-3-5-10(17-2)6-4-9/h3-6,8,14H,7H2,1-2H3,(H,13,15)/t8-/m0/s1. The minimum Gasteiger partial charge on any atom is -0.497 e. The molecule has 2 rings (SSSR count). The van der Waals surface area contributed by atoms with Crippen LogP contribution in [0.4, 0.5) is 5.69 Å². The first-order chi connectivity index (χ1) is 8.69. The van der Waals surface area contributed by atoms with E-state index in [1.165, 1.54) is 0 Å². The van der Waals surface area contributed by atoms with Crippen LogP contribution in [0.15, 0.2) is 29.3 Å².